The molecule has 4 aromatic rings. The molecule has 0 spiro atoms. The molecule has 0 bridgehead atoms. The molecule has 3 heteroatoms. The van der Waals surface area contributed by atoms with E-state index in [1.165, 1.54) is 31.7 Å². The van der Waals surface area contributed by atoms with Crippen LogP contribution in [0.25, 0.3) is 0 Å². The molecule has 0 saturated heterocycles. The Morgan fingerprint density at radius 2 is 1.12 bits per heavy atom. The van der Waals surface area contributed by atoms with Gasteiger partial charge in [-0.1, -0.05) is 0 Å². The van der Waals surface area contributed by atoms with E-state index in [0.717, 1.165) is 17.2 Å². The van der Waals surface area contributed by atoms with E-state index < -0.39 is 13.3 Å². The van der Waals surface area contributed by atoms with Crippen LogP contribution in [-0.4, -0.2) is 19.0 Å². The zero-order chi connectivity index (χ0) is 23.1. The van der Waals surface area contributed by atoms with E-state index in [2.05, 4.69) is 103 Å². The second kappa shape index (κ2) is 10.9. The van der Waals surface area contributed by atoms with E-state index in [9.17, 15) is 0 Å². The van der Waals surface area contributed by atoms with Gasteiger partial charge >= 0.3 is 206 Å². The fourth-order valence-electron chi connectivity index (χ4n) is 5.40. The summed E-state index contributed by atoms with van der Waals surface area (Å²) in [5.74, 6) is 0.455. The van der Waals surface area contributed by atoms with Gasteiger partial charge in [0.15, 0.2) is 0 Å². The van der Waals surface area contributed by atoms with Crippen molar-refractivity contribution in [1.82, 2.24) is 0 Å². The SMILES string of the molecule is c1ccc(CO/N=C2\CCCC2[CH2][Ge]([c]2ccccc2)([c]2ccccc2)[c]2ccccc2)cc1. The van der Waals surface area contributed by atoms with E-state index in [1.54, 1.807) is 0 Å². The monoisotopic (exact) mass is 507 g/mol. The number of nitrogens with zero attached hydrogens (tertiary/aromatic N) is 1. The summed E-state index contributed by atoms with van der Waals surface area (Å²) in [6.45, 7) is 0.527. The van der Waals surface area contributed by atoms with Crippen molar-refractivity contribution in [3.05, 3.63) is 127 Å². The van der Waals surface area contributed by atoms with Gasteiger partial charge in [0.2, 0.25) is 0 Å². The summed E-state index contributed by atoms with van der Waals surface area (Å²) in [5.41, 5.74) is 2.40. The van der Waals surface area contributed by atoms with Crippen LogP contribution in [0.4, 0.5) is 0 Å². The third-order valence-electron chi connectivity index (χ3n) is 7.06. The summed E-state index contributed by atoms with van der Waals surface area (Å²) in [6.07, 6.45) is 3.41. The van der Waals surface area contributed by atoms with Crippen LogP contribution in [0.15, 0.2) is 126 Å². The fraction of sp³-hybridized carbons (Fsp3) is 0.194. The molecule has 1 aliphatic rings. The predicted octanol–water partition coefficient (Wildman–Crippen LogP) is 5.53. The number of hydrogen-bond acceptors (Lipinski definition) is 2. The molecule has 5 rings (SSSR count). The first-order valence-corrected chi connectivity index (χ1v) is 16.9. The Morgan fingerprint density at radius 1 is 0.647 bits per heavy atom. The Balaban J connectivity index is 1.52. The summed E-state index contributed by atoms with van der Waals surface area (Å²) in [7, 11) is 0. The Kier molecular flexibility index (Phi) is 7.26. The Hall–Kier alpha value is -3.11. The molecule has 170 valence electrons. The van der Waals surface area contributed by atoms with Gasteiger partial charge in [0.1, 0.15) is 0 Å². The molecule has 1 atom stereocenters. The molecular weight excluding hydrogens is 475 g/mol. The molecule has 1 unspecified atom stereocenters. The Bertz CT molecular complexity index is 1100. The average molecular weight is 506 g/mol. The second-order valence-corrected chi connectivity index (χ2v) is 17.4. The van der Waals surface area contributed by atoms with Crippen LogP contribution in [0.2, 0.25) is 5.25 Å². The summed E-state index contributed by atoms with van der Waals surface area (Å²) in [6, 6.07) is 44.1. The molecular formula is C31H31GeNO. The molecule has 0 aromatic heterocycles. The van der Waals surface area contributed by atoms with Crippen molar-refractivity contribution >= 4 is 32.2 Å². The van der Waals surface area contributed by atoms with Gasteiger partial charge in [0.25, 0.3) is 0 Å². The maximum absolute atomic E-state index is 5.87. The first kappa shape index (κ1) is 22.7. The van der Waals surface area contributed by atoms with E-state index >= 15 is 0 Å². The predicted molar refractivity (Wildman–Crippen MR) is 145 cm³/mol. The van der Waals surface area contributed by atoms with E-state index in [4.69, 9.17) is 9.99 Å². The van der Waals surface area contributed by atoms with Crippen molar-refractivity contribution in [3.63, 3.8) is 0 Å². The van der Waals surface area contributed by atoms with Crippen LogP contribution in [0.5, 0.6) is 0 Å². The van der Waals surface area contributed by atoms with Gasteiger partial charge in [-0.05, 0) is 0 Å². The normalized spacial score (nSPS) is 17.1. The molecule has 1 saturated carbocycles. The third-order valence-corrected chi connectivity index (χ3v) is 17.7. The van der Waals surface area contributed by atoms with E-state index in [0.29, 0.717) is 12.5 Å². The second-order valence-electron chi connectivity index (χ2n) is 9.14. The molecule has 0 amide bonds. The first-order valence-electron chi connectivity index (χ1n) is 12.3. The number of benzene rings is 4. The van der Waals surface area contributed by atoms with Gasteiger partial charge in [0.05, 0.1) is 0 Å². The Labute approximate surface area is 205 Å². The summed E-state index contributed by atoms with van der Waals surface area (Å²) >= 11 is -2.98. The summed E-state index contributed by atoms with van der Waals surface area (Å²) in [4.78, 5) is 5.87. The molecule has 0 radical (unpaired) electrons. The zero-order valence-electron chi connectivity index (χ0n) is 19.5. The molecule has 4 aromatic carbocycles. The average Bonchev–Trinajstić information content (AvgIpc) is 3.36. The minimum absolute atomic E-state index is 0.455. The molecule has 0 N–H and O–H groups in total. The van der Waals surface area contributed by atoms with E-state index in [1.807, 2.05) is 18.2 Å². The molecule has 2 nitrogen and oxygen atoms in total. The van der Waals surface area contributed by atoms with Gasteiger partial charge < -0.3 is 0 Å². The van der Waals surface area contributed by atoms with Gasteiger partial charge in [-0.3, -0.25) is 0 Å². The number of rotatable bonds is 8. The molecule has 0 heterocycles. The summed E-state index contributed by atoms with van der Waals surface area (Å²) in [5, 5.41) is 5.87. The fourth-order valence-corrected chi connectivity index (χ4v) is 16.2. The van der Waals surface area contributed by atoms with Gasteiger partial charge in [0, 0.05) is 0 Å². The topological polar surface area (TPSA) is 21.6 Å². The number of hydrogen-bond donors (Lipinski definition) is 0. The van der Waals surface area contributed by atoms with Crippen LogP contribution in [0.3, 0.4) is 0 Å². The molecule has 1 aliphatic carbocycles. The minimum atomic E-state index is -2.98. The van der Waals surface area contributed by atoms with E-state index in [-0.39, 0.29) is 0 Å². The van der Waals surface area contributed by atoms with Crippen molar-refractivity contribution in [2.45, 2.75) is 31.1 Å². The van der Waals surface area contributed by atoms with Crippen LogP contribution in [-0.2, 0) is 11.4 Å². The molecule has 1 fully saturated rings. The summed E-state index contributed by atoms with van der Waals surface area (Å²) < 4.78 is 4.53. The van der Waals surface area contributed by atoms with Crippen molar-refractivity contribution < 1.29 is 4.84 Å². The van der Waals surface area contributed by atoms with Crippen molar-refractivity contribution in [2.24, 2.45) is 11.1 Å². The van der Waals surface area contributed by atoms with Gasteiger partial charge in [-0.15, -0.1) is 0 Å². The number of oxime groups is 1. The van der Waals surface area contributed by atoms with Gasteiger partial charge in [-0.25, -0.2) is 0 Å². The van der Waals surface area contributed by atoms with Crippen molar-refractivity contribution in [1.29, 1.82) is 0 Å². The van der Waals surface area contributed by atoms with Crippen LogP contribution in [0, 0.1) is 5.92 Å². The first-order chi connectivity index (χ1) is 16.9. The van der Waals surface area contributed by atoms with Crippen LogP contribution < -0.4 is 13.2 Å². The van der Waals surface area contributed by atoms with Crippen LogP contribution >= 0.6 is 0 Å². The molecule has 34 heavy (non-hydrogen) atoms. The maximum atomic E-state index is 5.87. The quantitative estimate of drug-likeness (QED) is 0.228. The van der Waals surface area contributed by atoms with Crippen LogP contribution in [0.1, 0.15) is 24.8 Å². The zero-order valence-corrected chi connectivity index (χ0v) is 21.6. The van der Waals surface area contributed by atoms with Crippen molar-refractivity contribution in [2.75, 3.05) is 0 Å². The van der Waals surface area contributed by atoms with Gasteiger partial charge in [-0.2, -0.15) is 0 Å². The molecule has 0 aliphatic heterocycles. The third kappa shape index (κ3) is 4.88. The Morgan fingerprint density at radius 3 is 1.62 bits per heavy atom. The van der Waals surface area contributed by atoms with Crippen molar-refractivity contribution in [3.8, 4) is 0 Å². The standard InChI is InChI=1S/C31H31GeNO/c1-5-14-26(15-6-1)25-34-33-31-23-13-16-27(31)24-32(28-17-7-2-8-18-28,29-19-9-3-10-20-29)30-21-11-4-12-22-30/h1-12,14-15,17-22,27H,13,16,23-25H2/b33-31+.